The maximum absolute atomic E-state index is 12.2. The molecule has 0 bridgehead atoms. The molecule has 7 heteroatoms. The predicted molar refractivity (Wildman–Crippen MR) is 72.7 cm³/mol. The topological polar surface area (TPSA) is 89.2 Å². The van der Waals surface area contributed by atoms with Crippen molar-refractivity contribution in [2.24, 2.45) is 11.8 Å². The number of nitrogens with two attached hydrogens (primary N) is 1. The van der Waals surface area contributed by atoms with Gasteiger partial charge in [0.05, 0.1) is 11.4 Å². The number of nitrogen functional groups attached to an aromatic ring is 1. The van der Waals surface area contributed by atoms with E-state index in [-0.39, 0.29) is 11.7 Å². The predicted octanol–water partition coefficient (Wildman–Crippen LogP) is 0.481. The number of fused-ring (bicyclic) bond motifs is 1. The molecule has 0 aliphatic carbocycles. The monoisotopic (exact) mass is 282 g/mol. The highest BCUT2D eigenvalue weighted by Gasteiger charge is 2.37. The quantitative estimate of drug-likeness (QED) is 0.806. The summed E-state index contributed by atoms with van der Waals surface area (Å²) in [5.74, 6) is 1.84. The minimum atomic E-state index is -3.25. The van der Waals surface area contributed by atoms with Crippen molar-refractivity contribution in [1.82, 2.24) is 9.97 Å². The van der Waals surface area contributed by atoms with Crippen LogP contribution in [0.2, 0.25) is 0 Å². The number of nitrogens with zero attached hydrogens (tertiary/aromatic N) is 3. The summed E-state index contributed by atoms with van der Waals surface area (Å²) in [6, 6.07) is 0. The molecule has 3 heterocycles. The van der Waals surface area contributed by atoms with Crippen molar-refractivity contribution >= 4 is 21.6 Å². The Kier molecular flexibility index (Phi) is 2.70. The van der Waals surface area contributed by atoms with E-state index in [1.165, 1.54) is 0 Å². The lowest BCUT2D eigenvalue weighted by molar-refractivity contribution is 0.494. The van der Waals surface area contributed by atoms with Gasteiger partial charge in [0.2, 0.25) is 5.95 Å². The lowest BCUT2D eigenvalue weighted by Gasteiger charge is -2.19. The molecule has 3 rings (SSSR count). The molecule has 1 saturated heterocycles. The third-order valence-electron chi connectivity index (χ3n) is 4.14. The summed E-state index contributed by atoms with van der Waals surface area (Å²) in [5, 5.41) is 0. The molecule has 2 atom stereocenters. The zero-order chi connectivity index (χ0) is 13.8. The molecule has 0 amide bonds. The summed E-state index contributed by atoms with van der Waals surface area (Å²) >= 11 is 0. The molecule has 2 aliphatic heterocycles. The van der Waals surface area contributed by atoms with Crippen molar-refractivity contribution in [2.45, 2.75) is 25.2 Å². The minimum absolute atomic E-state index is 0.117. The van der Waals surface area contributed by atoms with Crippen LogP contribution in [0.25, 0.3) is 0 Å². The van der Waals surface area contributed by atoms with Gasteiger partial charge in [0.25, 0.3) is 0 Å². The Morgan fingerprint density at radius 2 is 1.84 bits per heavy atom. The molecule has 0 aromatic carbocycles. The standard InChI is InChI=1S/C12H18N4O2S/c1-7-5-16(6-8(7)2)11-10-9(14-12(13)15-11)3-4-19(10,17)18/h7-8H,3-6H2,1-2H3,(H2,13,14,15)/t7-,8?/m0/s1. The van der Waals surface area contributed by atoms with Crippen molar-refractivity contribution < 1.29 is 8.42 Å². The first kappa shape index (κ1) is 12.7. The fourth-order valence-electron chi connectivity index (χ4n) is 2.84. The molecule has 1 aromatic rings. The van der Waals surface area contributed by atoms with Crippen molar-refractivity contribution in [2.75, 3.05) is 29.5 Å². The summed E-state index contributed by atoms with van der Waals surface area (Å²) in [5.41, 5.74) is 6.29. The number of aromatic nitrogens is 2. The summed E-state index contributed by atoms with van der Waals surface area (Å²) in [4.78, 5) is 10.6. The van der Waals surface area contributed by atoms with Crippen molar-refractivity contribution in [3.05, 3.63) is 5.69 Å². The molecule has 6 nitrogen and oxygen atoms in total. The van der Waals surface area contributed by atoms with Gasteiger partial charge in [0, 0.05) is 19.5 Å². The summed E-state index contributed by atoms with van der Waals surface area (Å²) in [7, 11) is -3.25. The molecular formula is C12H18N4O2S. The van der Waals surface area contributed by atoms with Gasteiger partial charge in [-0.25, -0.2) is 13.4 Å². The largest absolute Gasteiger partial charge is 0.368 e. The highest BCUT2D eigenvalue weighted by atomic mass is 32.2. The van der Waals surface area contributed by atoms with Gasteiger partial charge in [-0.2, -0.15) is 4.98 Å². The molecule has 1 fully saturated rings. The van der Waals surface area contributed by atoms with Crippen LogP contribution in [0.15, 0.2) is 4.90 Å². The molecule has 2 aliphatic rings. The fourth-order valence-corrected chi connectivity index (χ4v) is 4.47. The van der Waals surface area contributed by atoms with Crippen molar-refractivity contribution in [3.63, 3.8) is 0 Å². The van der Waals surface area contributed by atoms with Crippen LogP contribution in [-0.2, 0) is 16.3 Å². The van der Waals surface area contributed by atoms with Crippen LogP contribution >= 0.6 is 0 Å². The second-order valence-electron chi connectivity index (χ2n) is 5.61. The van der Waals surface area contributed by atoms with Crippen LogP contribution in [0.3, 0.4) is 0 Å². The molecule has 0 saturated carbocycles. The van der Waals surface area contributed by atoms with Gasteiger partial charge in [-0.1, -0.05) is 13.8 Å². The van der Waals surface area contributed by atoms with Gasteiger partial charge >= 0.3 is 0 Å². The van der Waals surface area contributed by atoms with E-state index >= 15 is 0 Å². The van der Waals surface area contributed by atoms with Crippen LogP contribution in [0, 0.1) is 11.8 Å². The first-order chi connectivity index (χ1) is 8.88. The van der Waals surface area contributed by atoms with E-state index in [1.54, 1.807) is 0 Å². The van der Waals surface area contributed by atoms with Gasteiger partial charge < -0.3 is 10.6 Å². The smallest absolute Gasteiger partial charge is 0.222 e. The Balaban J connectivity index is 2.13. The Labute approximate surface area is 113 Å². The number of rotatable bonds is 1. The number of hydrogen-bond donors (Lipinski definition) is 1. The van der Waals surface area contributed by atoms with E-state index in [9.17, 15) is 8.42 Å². The van der Waals surface area contributed by atoms with E-state index in [1.807, 2.05) is 4.90 Å². The molecule has 2 N–H and O–H groups in total. The minimum Gasteiger partial charge on any atom is -0.368 e. The average molecular weight is 282 g/mol. The summed E-state index contributed by atoms with van der Waals surface area (Å²) in [6.07, 6.45) is 0.441. The first-order valence-electron chi connectivity index (χ1n) is 6.52. The van der Waals surface area contributed by atoms with E-state index in [0.29, 0.717) is 34.7 Å². The Hall–Kier alpha value is -1.37. The second kappa shape index (κ2) is 4.06. The van der Waals surface area contributed by atoms with E-state index in [2.05, 4.69) is 23.8 Å². The maximum Gasteiger partial charge on any atom is 0.222 e. The number of hydrogen-bond acceptors (Lipinski definition) is 6. The Bertz CT molecular complexity index is 619. The SMILES string of the molecule is CC1CN(c2nc(N)nc3c2S(=O)(=O)CC3)C[C@@H]1C. The van der Waals surface area contributed by atoms with Crippen molar-refractivity contribution in [3.8, 4) is 0 Å². The van der Waals surface area contributed by atoms with E-state index in [4.69, 9.17) is 5.73 Å². The average Bonchev–Trinajstić information content (AvgIpc) is 2.80. The van der Waals surface area contributed by atoms with Crippen LogP contribution in [0.4, 0.5) is 11.8 Å². The number of sulfone groups is 1. The maximum atomic E-state index is 12.2. The van der Waals surface area contributed by atoms with Gasteiger partial charge in [0.1, 0.15) is 4.90 Å². The van der Waals surface area contributed by atoms with Gasteiger partial charge in [-0.15, -0.1) is 0 Å². The number of aryl methyl sites for hydroxylation is 1. The van der Waals surface area contributed by atoms with E-state index in [0.717, 1.165) is 13.1 Å². The van der Waals surface area contributed by atoms with Crippen LogP contribution in [-0.4, -0.2) is 37.2 Å². The van der Waals surface area contributed by atoms with Gasteiger partial charge in [-0.3, -0.25) is 0 Å². The summed E-state index contributed by atoms with van der Waals surface area (Å²) < 4.78 is 24.3. The summed E-state index contributed by atoms with van der Waals surface area (Å²) in [6.45, 7) is 5.98. The lowest BCUT2D eigenvalue weighted by Crippen LogP contribution is -2.24. The highest BCUT2D eigenvalue weighted by Crippen LogP contribution is 2.36. The third-order valence-corrected chi connectivity index (χ3v) is 5.92. The fraction of sp³-hybridized carbons (Fsp3) is 0.667. The molecule has 1 unspecified atom stereocenters. The highest BCUT2D eigenvalue weighted by molar-refractivity contribution is 7.91. The molecular weight excluding hydrogens is 264 g/mol. The van der Waals surface area contributed by atoms with Gasteiger partial charge in [-0.05, 0) is 11.8 Å². The van der Waals surface area contributed by atoms with Gasteiger partial charge in [0.15, 0.2) is 15.7 Å². The zero-order valence-corrected chi connectivity index (χ0v) is 11.9. The molecule has 0 spiro atoms. The van der Waals surface area contributed by atoms with Crippen molar-refractivity contribution in [1.29, 1.82) is 0 Å². The molecule has 19 heavy (non-hydrogen) atoms. The molecule has 0 radical (unpaired) electrons. The van der Waals surface area contributed by atoms with Crippen LogP contribution in [0.5, 0.6) is 0 Å². The lowest BCUT2D eigenvalue weighted by atomic mass is 10.0. The van der Waals surface area contributed by atoms with E-state index < -0.39 is 9.84 Å². The molecule has 1 aromatic heterocycles. The first-order valence-corrected chi connectivity index (χ1v) is 8.18. The number of anilines is 2. The Morgan fingerprint density at radius 1 is 1.21 bits per heavy atom. The van der Waals surface area contributed by atoms with Crippen LogP contribution < -0.4 is 10.6 Å². The molecule has 104 valence electrons. The Morgan fingerprint density at radius 3 is 2.47 bits per heavy atom. The zero-order valence-electron chi connectivity index (χ0n) is 11.1. The second-order valence-corrected chi connectivity index (χ2v) is 7.66. The van der Waals surface area contributed by atoms with Crippen LogP contribution in [0.1, 0.15) is 19.5 Å². The normalized spacial score (nSPS) is 28.6. The third kappa shape index (κ3) is 1.96.